The number of carbonyl (C=O) groups is 1. The molecule has 9 heteroatoms. The lowest BCUT2D eigenvalue weighted by molar-refractivity contribution is -0.154. The summed E-state index contributed by atoms with van der Waals surface area (Å²) in [7, 11) is -4.21. The Morgan fingerprint density at radius 3 is 2.26 bits per heavy atom. The van der Waals surface area contributed by atoms with Crippen molar-refractivity contribution in [3.63, 3.8) is 0 Å². The highest BCUT2D eigenvalue weighted by molar-refractivity contribution is 7.47. The van der Waals surface area contributed by atoms with Gasteiger partial charge in [-0.2, -0.15) is 0 Å². The van der Waals surface area contributed by atoms with Gasteiger partial charge in [0.15, 0.2) is 0 Å². The minimum Gasteiger partial charge on any atom is -0.457 e. The number of phosphoric ester groups is 1. The summed E-state index contributed by atoms with van der Waals surface area (Å²) in [6, 6.07) is 0. The van der Waals surface area contributed by atoms with Crippen molar-refractivity contribution in [2.75, 3.05) is 33.0 Å². The summed E-state index contributed by atoms with van der Waals surface area (Å²) in [5.41, 5.74) is 5.23. The van der Waals surface area contributed by atoms with Gasteiger partial charge in [0.2, 0.25) is 0 Å². The van der Waals surface area contributed by atoms with E-state index in [0.29, 0.717) is 13.0 Å². The molecule has 0 radical (unpaired) electrons. The maximum absolute atomic E-state index is 11.7. The molecule has 0 aliphatic carbocycles. The van der Waals surface area contributed by atoms with Gasteiger partial charge < -0.3 is 20.1 Å². The summed E-state index contributed by atoms with van der Waals surface area (Å²) in [6.07, 6.45) is 8.43. The van der Waals surface area contributed by atoms with E-state index in [9.17, 15) is 14.3 Å². The third-order valence-corrected chi connectivity index (χ3v) is 4.73. The number of nitrogens with two attached hydrogens (primary N) is 1. The summed E-state index contributed by atoms with van der Waals surface area (Å²) in [5.74, 6) is -0.388. The molecule has 0 bridgehead atoms. The summed E-state index contributed by atoms with van der Waals surface area (Å²) in [6.45, 7) is 4.46. The number of ether oxygens (including phenoxy) is 2. The Balaban J connectivity index is 4.13. The van der Waals surface area contributed by atoms with Crippen LogP contribution in [0.1, 0.15) is 71.6 Å². The van der Waals surface area contributed by atoms with E-state index in [4.69, 9.17) is 19.7 Å². The third-order valence-electron chi connectivity index (χ3n) is 3.74. The van der Waals surface area contributed by atoms with Crippen LogP contribution in [0, 0.1) is 0 Å². The third kappa shape index (κ3) is 17.3. The summed E-state index contributed by atoms with van der Waals surface area (Å²) in [4.78, 5) is 21.2. The number of unbranched alkanes of at least 4 members (excludes halogenated alkanes) is 6. The first-order chi connectivity index (χ1) is 12.9. The van der Waals surface area contributed by atoms with Crippen LogP contribution in [0.15, 0.2) is 0 Å². The molecule has 0 heterocycles. The lowest BCUT2D eigenvalue weighted by Crippen LogP contribution is -2.28. The molecular formula is C18H38NO7P. The predicted molar refractivity (Wildman–Crippen MR) is 104 cm³/mol. The van der Waals surface area contributed by atoms with Crippen molar-refractivity contribution < 1.29 is 32.8 Å². The minimum atomic E-state index is -4.21. The van der Waals surface area contributed by atoms with E-state index in [1.165, 1.54) is 32.1 Å². The van der Waals surface area contributed by atoms with Crippen molar-refractivity contribution in [3.05, 3.63) is 0 Å². The van der Waals surface area contributed by atoms with E-state index >= 15 is 0 Å². The van der Waals surface area contributed by atoms with Gasteiger partial charge in [-0.3, -0.25) is 13.8 Å². The number of hydrogen-bond acceptors (Lipinski definition) is 7. The molecule has 27 heavy (non-hydrogen) atoms. The van der Waals surface area contributed by atoms with Gasteiger partial charge in [0.1, 0.15) is 6.10 Å². The Morgan fingerprint density at radius 2 is 1.63 bits per heavy atom. The van der Waals surface area contributed by atoms with E-state index in [0.717, 1.165) is 12.8 Å². The van der Waals surface area contributed by atoms with Crippen molar-refractivity contribution in [2.24, 2.45) is 5.73 Å². The molecule has 0 aliphatic rings. The molecule has 0 aliphatic heterocycles. The van der Waals surface area contributed by atoms with Gasteiger partial charge in [0.25, 0.3) is 0 Å². The Morgan fingerprint density at radius 1 is 0.963 bits per heavy atom. The monoisotopic (exact) mass is 411 g/mol. The molecule has 2 atom stereocenters. The van der Waals surface area contributed by atoms with E-state index in [-0.39, 0.29) is 38.8 Å². The molecular weight excluding hydrogens is 373 g/mol. The van der Waals surface area contributed by atoms with Crippen LogP contribution < -0.4 is 5.73 Å². The summed E-state index contributed by atoms with van der Waals surface area (Å²) in [5, 5.41) is 0. The molecule has 8 nitrogen and oxygen atoms in total. The average Bonchev–Trinajstić information content (AvgIpc) is 2.63. The van der Waals surface area contributed by atoms with Crippen molar-refractivity contribution in [1.82, 2.24) is 0 Å². The number of esters is 1. The number of hydrogen-bond donors (Lipinski definition) is 2. The predicted octanol–water partition coefficient (Wildman–Crippen LogP) is 3.56. The quantitative estimate of drug-likeness (QED) is 0.188. The molecule has 0 amide bonds. The highest BCUT2D eigenvalue weighted by Gasteiger charge is 2.24. The molecule has 162 valence electrons. The van der Waals surface area contributed by atoms with Crippen molar-refractivity contribution in [3.8, 4) is 0 Å². The van der Waals surface area contributed by atoms with Crippen molar-refractivity contribution >= 4 is 13.8 Å². The lowest BCUT2D eigenvalue weighted by Gasteiger charge is -2.19. The van der Waals surface area contributed by atoms with Gasteiger partial charge in [-0.1, -0.05) is 52.4 Å². The fourth-order valence-electron chi connectivity index (χ4n) is 2.32. The van der Waals surface area contributed by atoms with Crippen molar-refractivity contribution in [1.29, 1.82) is 0 Å². The fourth-order valence-corrected chi connectivity index (χ4v) is 3.09. The molecule has 0 aromatic heterocycles. The molecule has 0 aromatic carbocycles. The van der Waals surface area contributed by atoms with Crippen molar-refractivity contribution in [2.45, 2.75) is 77.7 Å². The first-order valence-electron chi connectivity index (χ1n) is 10.0. The minimum absolute atomic E-state index is 0.0944. The van der Waals surface area contributed by atoms with E-state index in [1.54, 1.807) is 0 Å². The first-order valence-corrected chi connectivity index (χ1v) is 11.5. The van der Waals surface area contributed by atoms with Gasteiger partial charge in [0, 0.05) is 19.6 Å². The fraction of sp³-hybridized carbons (Fsp3) is 0.944. The Hall–Kier alpha value is -0.500. The summed E-state index contributed by atoms with van der Waals surface area (Å²) < 4.78 is 32.1. The molecule has 3 N–H and O–H groups in total. The topological polar surface area (TPSA) is 117 Å². The standard InChI is InChI=1S/C18H38NO7P/c1-3-5-6-7-8-9-10-13-23-15-17(26-18(20)11-4-2)16-25-27(21,22)24-14-12-19/h17H,3-16,19H2,1-2H3,(H,21,22). The second kappa shape index (κ2) is 17.6. The van der Waals surface area contributed by atoms with Crippen LogP contribution in [0.25, 0.3) is 0 Å². The zero-order chi connectivity index (χ0) is 20.4. The number of phosphoric acid groups is 1. The SMILES string of the molecule is CCCCCCCCCOCC(COP(=O)(O)OCCN)OC(=O)CCC. The Bertz CT molecular complexity index is 409. The van der Waals surface area contributed by atoms with E-state index in [1.807, 2.05) is 6.92 Å². The molecule has 2 unspecified atom stereocenters. The molecule has 0 spiro atoms. The summed E-state index contributed by atoms with van der Waals surface area (Å²) >= 11 is 0. The van der Waals surface area contributed by atoms with Gasteiger partial charge >= 0.3 is 13.8 Å². The van der Waals surface area contributed by atoms with Crippen LogP contribution in [-0.2, 0) is 27.9 Å². The zero-order valence-electron chi connectivity index (χ0n) is 16.9. The van der Waals surface area contributed by atoms with Crippen LogP contribution in [0.5, 0.6) is 0 Å². The maximum atomic E-state index is 11.7. The van der Waals surface area contributed by atoms with Crippen LogP contribution in [0.4, 0.5) is 0 Å². The Kier molecular flexibility index (Phi) is 17.3. The van der Waals surface area contributed by atoms with Gasteiger partial charge in [0.05, 0.1) is 19.8 Å². The highest BCUT2D eigenvalue weighted by atomic mass is 31.2. The highest BCUT2D eigenvalue weighted by Crippen LogP contribution is 2.43. The number of carbonyl (C=O) groups excluding carboxylic acids is 1. The van der Waals surface area contributed by atoms with Crippen LogP contribution >= 0.6 is 7.82 Å². The largest absolute Gasteiger partial charge is 0.472 e. The molecule has 0 saturated carbocycles. The zero-order valence-corrected chi connectivity index (χ0v) is 17.8. The normalized spacial score (nSPS) is 14.7. The lowest BCUT2D eigenvalue weighted by atomic mass is 10.1. The smallest absolute Gasteiger partial charge is 0.457 e. The van der Waals surface area contributed by atoms with Crippen LogP contribution in [-0.4, -0.2) is 49.9 Å². The van der Waals surface area contributed by atoms with E-state index in [2.05, 4.69) is 11.4 Å². The van der Waals surface area contributed by atoms with Gasteiger partial charge in [-0.25, -0.2) is 4.57 Å². The van der Waals surface area contributed by atoms with Crippen LogP contribution in [0.3, 0.4) is 0 Å². The van der Waals surface area contributed by atoms with Gasteiger partial charge in [-0.15, -0.1) is 0 Å². The Labute approximate surface area is 163 Å². The van der Waals surface area contributed by atoms with E-state index < -0.39 is 13.9 Å². The second-order valence-corrected chi connectivity index (χ2v) is 7.90. The second-order valence-electron chi connectivity index (χ2n) is 6.44. The molecule has 0 fully saturated rings. The van der Waals surface area contributed by atoms with Gasteiger partial charge in [-0.05, 0) is 12.8 Å². The molecule has 0 aromatic rings. The number of rotatable bonds is 19. The molecule has 0 rings (SSSR count). The maximum Gasteiger partial charge on any atom is 0.472 e. The van der Waals surface area contributed by atoms with Crippen LogP contribution in [0.2, 0.25) is 0 Å². The average molecular weight is 411 g/mol. The first kappa shape index (κ1) is 26.5. The molecule has 0 saturated heterocycles.